The molecule has 0 unspecified atom stereocenters. The van der Waals surface area contributed by atoms with Gasteiger partial charge in [0, 0.05) is 17.3 Å². The maximum Gasteiger partial charge on any atom is 0.416 e. The summed E-state index contributed by atoms with van der Waals surface area (Å²) < 4.78 is 79.9. The molecule has 6 aromatic rings. The lowest BCUT2D eigenvalue weighted by Crippen LogP contribution is -2.11. The van der Waals surface area contributed by atoms with Crippen molar-refractivity contribution in [3.8, 4) is 33.5 Å². The molecule has 40 heavy (non-hydrogen) atoms. The number of nitrogens with zero attached hydrogens (tertiary/aromatic N) is 1. The van der Waals surface area contributed by atoms with Gasteiger partial charge in [-0.2, -0.15) is 26.3 Å². The Morgan fingerprint density at radius 3 is 1.45 bits per heavy atom. The van der Waals surface area contributed by atoms with Crippen LogP contribution in [-0.4, -0.2) is 4.98 Å². The molecule has 0 aliphatic rings. The number of pyridine rings is 1. The van der Waals surface area contributed by atoms with Crippen molar-refractivity contribution in [1.29, 1.82) is 0 Å². The van der Waals surface area contributed by atoms with Gasteiger partial charge in [0.15, 0.2) is 0 Å². The minimum absolute atomic E-state index is 0.135. The minimum Gasteiger partial charge on any atom is -0.256 e. The van der Waals surface area contributed by atoms with Crippen molar-refractivity contribution >= 4 is 21.5 Å². The van der Waals surface area contributed by atoms with Crippen molar-refractivity contribution in [2.24, 2.45) is 0 Å². The Morgan fingerprint density at radius 2 is 0.875 bits per heavy atom. The van der Waals surface area contributed by atoms with Crippen molar-refractivity contribution in [1.82, 2.24) is 4.98 Å². The van der Waals surface area contributed by atoms with E-state index in [-0.39, 0.29) is 17.2 Å². The normalized spacial score (nSPS) is 12.2. The molecule has 1 aromatic heterocycles. The van der Waals surface area contributed by atoms with Crippen LogP contribution in [0.2, 0.25) is 0 Å². The van der Waals surface area contributed by atoms with Crippen molar-refractivity contribution < 1.29 is 26.3 Å². The fourth-order valence-corrected chi connectivity index (χ4v) is 4.81. The Kier molecular flexibility index (Phi) is 6.10. The summed E-state index contributed by atoms with van der Waals surface area (Å²) >= 11 is 0. The third-order valence-electron chi connectivity index (χ3n) is 6.90. The zero-order valence-corrected chi connectivity index (χ0v) is 20.7. The van der Waals surface area contributed by atoms with Crippen molar-refractivity contribution in [2.45, 2.75) is 12.4 Å². The van der Waals surface area contributed by atoms with Gasteiger partial charge < -0.3 is 0 Å². The molecule has 0 aliphatic carbocycles. The molecule has 198 valence electrons. The van der Waals surface area contributed by atoms with Crippen LogP contribution in [0.15, 0.2) is 115 Å². The van der Waals surface area contributed by atoms with Gasteiger partial charge in [0.1, 0.15) is 0 Å². The third-order valence-corrected chi connectivity index (χ3v) is 6.90. The van der Waals surface area contributed by atoms with Gasteiger partial charge in [-0.15, -0.1) is 0 Å². The van der Waals surface area contributed by atoms with Gasteiger partial charge in [0.05, 0.1) is 16.8 Å². The summed E-state index contributed by atoms with van der Waals surface area (Å²) in [6.45, 7) is 0. The first-order valence-corrected chi connectivity index (χ1v) is 12.3. The molecule has 0 amide bonds. The first-order valence-electron chi connectivity index (χ1n) is 12.3. The molecule has 0 saturated heterocycles. The quantitative estimate of drug-likeness (QED) is 0.202. The molecule has 0 radical (unpaired) electrons. The summed E-state index contributed by atoms with van der Waals surface area (Å²) in [4.78, 5) is 4.64. The average Bonchev–Trinajstić information content (AvgIpc) is 2.95. The molecule has 0 atom stereocenters. The Labute approximate surface area is 225 Å². The number of hydrogen-bond acceptors (Lipinski definition) is 1. The first-order chi connectivity index (χ1) is 19.0. The SMILES string of the molecule is FC(F)(F)c1cc(-c2ccc3cc(-c4ccc(-c5ccc6ccccc6c5)nc4)ccc3c2)cc(C(F)(F)F)c1. The zero-order chi connectivity index (χ0) is 28.1. The monoisotopic (exact) mass is 543 g/mol. The van der Waals surface area contributed by atoms with E-state index >= 15 is 0 Å². The molecule has 0 fully saturated rings. The molecule has 1 heterocycles. The first kappa shape index (κ1) is 25.6. The Balaban J connectivity index is 1.32. The maximum absolute atomic E-state index is 13.3. The predicted octanol–water partition coefficient (Wildman–Crippen LogP) is 10.4. The summed E-state index contributed by atoms with van der Waals surface area (Å²) in [5, 5.41) is 3.76. The van der Waals surface area contributed by atoms with Crippen LogP contribution in [0.25, 0.3) is 55.1 Å². The van der Waals surface area contributed by atoms with Crippen LogP contribution in [0.3, 0.4) is 0 Å². The molecule has 0 spiro atoms. The van der Waals surface area contributed by atoms with Crippen molar-refractivity contribution in [2.75, 3.05) is 0 Å². The molecule has 0 aliphatic heterocycles. The van der Waals surface area contributed by atoms with Crippen LogP contribution in [0, 0.1) is 0 Å². The lowest BCUT2D eigenvalue weighted by molar-refractivity contribution is -0.143. The number of halogens is 6. The summed E-state index contributed by atoms with van der Waals surface area (Å²) in [5.41, 5.74) is 1.03. The number of hydrogen-bond donors (Lipinski definition) is 0. The maximum atomic E-state index is 13.3. The molecular formula is C33H19F6N. The number of benzene rings is 5. The zero-order valence-electron chi connectivity index (χ0n) is 20.7. The van der Waals surface area contributed by atoms with E-state index in [1.54, 1.807) is 24.4 Å². The Hall–Kier alpha value is -4.65. The van der Waals surface area contributed by atoms with Crippen LogP contribution >= 0.6 is 0 Å². The molecule has 5 aromatic carbocycles. The van der Waals surface area contributed by atoms with Crippen LogP contribution in [0.5, 0.6) is 0 Å². The van der Waals surface area contributed by atoms with E-state index in [2.05, 4.69) is 29.2 Å². The molecule has 0 N–H and O–H groups in total. The van der Waals surface area contributed by atoms with Crippen molar-refractivity contribution in [3.63, 3.8) is 0 Å². The van der Waals surface area contributed by atoms with Gasteiger partial charge in [-0.1, -0.05) is 66.7 Å². The molecule has 1 nitrogen and oxygen atoms in total. The molecular weight excluding hydrogens is 524 g/mol. The molecule has 6 rings (SSSR count). The smallest absolute Gasteiger partial charge is 0.256 e. The molecule has 0 saturated carbocycles. The van der Waals surface area contributed by atoms with Crippen LogP contribution in [0.4, 0.5) is 26.3 Å². The number of alkyl halides is 6. The van der Waals surface area contributed by atoms with Crippen LogP contribution in [0.1, 0.15) is 11.1 Å². The van der Waals surface area contributed by atoms with E-state index in [1.807, 2.05) is 42.5 Å². The van der Waals surface area contributed by atoms with Gasteiger partial charge in [-0.05, 0) is 80.7 Å². The summed E-state index contributed by atoms with van der Waals surface area (Å²) in [6, 6.07) is 30.2. The fraction of sp³-hybridized carbons (Fsp3) is 0.0606. The second kappa shape index (κ2) is 9.52. The van der Waals surface area contributed by atoms with Crippen molar-refractivity contribution in [3.05, 3.63) is 127 Å². The highest BCUT2D eigenvalue weighted by molar-refractivity contribution is 5.91. The van der Waals surface area contributed by atoms with E-state index in [4.69, 9.17) is 0 Å². The Bertz CT molecular complexity index is 1840. The van der Waals surface area contributed by atoms with Gasteiger partial charge in [-0.25, -0.2) is 0 Å². The van der Waals surface area contributed by atoms with Gasteiger partial charge in [0.2, 0.25) is 0 Å². The van der Waals surface area contributed by atoms with E-state index in [9.17, 15) is 26.3 Å². The number of fused-ring (bicyclic) bond motifs is 2. The van der Waals surface area contributed by atoms with Crippen LogP contribution in [-0.2, 0) is 12.4 Å². The minimum atomic E-state index is -4.90. The highest BCUT2D eigenvalue weighted by Crippen LogP contribution is 2.39. The van der Waals surface area contributed by atoms with Gasteiger partial charge >= 0.3 is 12.4 Å². The topological polar surface area (TPSA) is 12.9 Å². The summed E-state index contributed by atoms with van der Waals surface area (Å²) in [6.07, 6.45) is -8.03. The summed E-state index contributed by atoms with van der Waals surface area (Å²) in [7, 11) is 0. The number of rotatable bonds is 3. The third kappa shape index (κ3) is 5.02. The lowest BCUT2D eigenvalue weighted by Gasteiger charge is -2.15. The highest BCUT2D eigenvalue weighted by atomic mass is 19.4. The Morgan fingerprint density at radius 1 is 0.400 bits per heavy atom. The number of aromatic nitrogens is 1. The lowest BCUT2D eigenvalue weighted by atomic mass is 9.95. The van der Waals surface area contributed by atoms with E-state index in [0.29, 0.717) is 5.39 Å². The van der Waals surface area contributed by atoms with E-state index in [0.717, 1.165) is 50.7 Å². The standard InChI is InChI=1S/C33H19F6N/c34-32(35,36)29-16-28(17-30(18-29)33(37,38)39)25-9-7-22-13-24(8-6-23(22)14-25)27-11-12-31(40-19-27)26-10-5-20-3-1-2-4-21(20)15-26/h1-19H. The second-order valence-corrected chi connectivity index (χ2v) is 9.57. The fourth-order valence-electron chi connectivity index (χ4n) is 4.81. The molecule has 0 bridgehead atoms. The average molecular weight is 544 g/mol. The second-order valence-electron chi connectivity index (χ2n) is 9.57. The van der Waals surface area contributed by atoms with Gasteiger partial charge in [-0.3, -0.25) is 4.98 Å². The molecule has 7 heteroatoms. The van der Waals surface area contributed by atoms with E-state index < -0.39 is 23.5 Å². The highest BCUT2D eigenvalue weighted by Gasteiger charge is 2.37. The van der Waals surface area contributed by atoms with E-state index in [1.165, 1.54) is 6.07 Å². The van der Waals surface area contributed by atoms with Gasteiger partial charge in [0.25, 0.3) is 0 Å². The van der Waals surface area contributed by atoms with Crippen LogP contribution < -0.4 is 0 Å². The predicted molar refractivity (Wildman–Crippen MR) is 146 cm³/mol. The largest absolute Gasteiger partial charge is 0.416 e. The summed E-state index contributed by atoms with van der Waals surface area (Å²) in [5.74, 6) is 0.